The molecule has 0 fully saturated rings. The van der Waals surface area contributed by atoms with Gasteiger partial charge in [-0.3, -0.25) is 9.36 Å². The molecule has 0 atom stereocenters. The molecule has 6 heteroatoms. The van der Waals surface area contributed by atoms with Crippen molar-refractivity contribution in [1.82, 2.24) is 5.32 Å². The summed E-state index contributed by atoms with van der Waals surface area (Å²) < 4.78 is 10.7. The van der Waals surface area contributed by atoms with Gasteiger partial charge in [-0.1, -0.05) is 34.9 Å². The van der Waals surface area contributed by atoms with E-state index in [1.54, 1.807) is 0 Å². The fraction of sp³-hybridized carbons (Fsp3) is 0.611. The predicted octanol–water partition coefficient (Wildman–Crippen LogP) is 4.09. The van der Waals surface area contributed by atoms with Crippen molar-refractivity contribution in [1.29, 1.82) is 0 Å². The maximum absolute atomic E-state index is 11.4. The first-order valence-corrected chi connectivity index (χ1v) is 10.2. The number of carbonyl (C=O) groups excluding carboxylic acids is 1. The fourth-order valence-electron chi connectivity index (χ4n) is 2.01. The van der Waals surface area contributed by atoms with Crippen molar-refractivity contribution >= 4 is 13.5 Å². The van der Waals surface area contributed by atoms with Gasteiger partial charge in [0.2, 0.25) is 5.91 Å². The van der Waals surface area contributed by atoms with Crippen LogP contribution in [0.5, 0.6) is 0 Å². The highest BCUT2D eigenvalue weighted by Gasteiger charge is 2.14. The lowest BCUT2D eigenvalue weighted by Gasteiger charge is -2.05. The highest BCUT2D eigenvalue weighted by atomic mass is 31.2. The van der Waals surface area contributed by atoms with Gasteiger partial charge in [0.1, 0.15) is 0 Å². The van der Waals surface area contributed by atoms with Crippen LogP contribution in [0.3, 0.4) is 0 Å². The molecule has 0 aliphatic rings. The molecule has 138 valence electrons. The molecule has 0 heterocycles. The smallest absolute Gasteiger partial charge is 0.326 e. The summed E-state index contributed by atoms with van der Waals surface area (Å²) in [6, 6.07) is 0. The predicted molar refractivity (Wildman–Crippen MR) is 100.0 cm³/mol. The number of amides is 1. The minimum atomic E-state index is -4.10. The van der Waals surface area contributed by atoms with Crippen molar-refractivity contribution in [2.24, 2.45) is 0 Å². The quantitative estimate of drug-likeness (QED) is 0.384. The maximum atomic E-state index is 11.4. The summed E-state index contributed by atoms with van der Waals surface area (Å²) >= 11 is 0. The number of allylic oxidation sites excluding steroid dienone is 5. The molecule has 0 aromatic rings. The minimum absolute atomic E-state index is 0.148. The van der Waals surface area contributed by atoms with Crippen molar-refractivity contribution < 1.29 is 19.1 Å². The highest BCUT2D eigenvalue weighted by Crippen LogP contribution is 2.34. The molecule has 0 saturated heterocycles. The van der Waals surface area contributed by atoms with Gasteiger partial charge in [0, 0.05) is 13.0 Å². The van der Waals surface area contributed by atoms with Crippen molar-refractivity contribution in [2.45, 2.75) is 59.8 Å². The fourth-order valence-corrected chi connectivity index (χ4v) is 2.51. The average molecular weight is 357 g/mol. The highest BCUT2D eigenvalue weighted by molar-refractivity contribution is 7.51. The number of carbonyl (C=O) groups is 1. The summed E-state index contributed by atoms with van der Waals surface area (Å²) in [5.41, 5.74) is 3.94. The maximum Gasteiger partial charge on any atom is 0.326 e. The molecule has 0 bridgehead atoms. The molecule has 0 radical (unpaired) electrons. The second-order valence-corrected chi connectivity index (χ2v) is 8.18. The lowest BCUT2D eigenvalue weighted by molar-refractivity contribution is -0.120. The summed E-state index contributed by atoms with van der Waals surface area (Å²) in [5, 5.41) is 2.64. The summed E-state index contributed by atoms with van der Waals surface area (Å²) in [4.78, 5) is 28.9. The van der Waals surface area contributed by atoms with Gasteiger partial charge in [-0.15, -0.1) is 0 Å². The number of nitrogens with one attached hydrogen (secondary N) is 1. The van der Waals surface area contributed by atoms with Gasteiger partial charge in [0.25, 0.3) is 0 Å². The lowest BCUT2D eigenvalue weighted by atomic mass is 10.1. The van der Waals surface area contributed by atoms with Gasteiger partial charge < -0.3 is 15.1 Å². The number of hydrogen-bond donors (Lipinski definition) is 3. The van der Waals surface area contributed by atoms with E-state index < -0.39 is 13.8 Å². The van der Waals surface area contributed by atoms with E-state index in [-0.39, 0.29) is 12.3 Å². The van der Waals surface area contributed by atoms with Crippen LogP contribution in [-0.4, -0.2) is 28.4 Å². The van der Waals surface area contributed by atoms with E-state index in [4.69, 9.17) is 9.79 Å². The lowest BCUT2D eigenvalue weighted by Crippen LogP contribution is -2.24. The second kappa shape index (κ2) is 12.2. The van der Waals surface area contributed by atoms with E-state index in [2.05, 4.69) is 38.2 Å². The molecule has 0 spiro atoms. The summed E-state index contributed by atoms with van der Waals surface area (Å²) in [7, 11) is -4.10. The van der Waals surface area contributed by atoms with Crippen molar-refractivity contribution in [3.63, 3.8) is 0 Å². The molecule has 5 nitrogen and oxygen atoms in total. The standard InChI is InChI=1S/C18H32NO4P/c1-15(2)7-5-8-16(3)9-6-10-17(4)11-13-19-18(20)12-14-24(21,22)23/h7,9,11H,5-6,8,10,12-14H2,1-4H3,(H,19,20)(H2,21,22,23). The monoisotopic (exact) mass is 357 g/mol. The van der Waals surface area contributed by atoms with Gasteiger partial charge in [0.05, 0.1) is 6.16 Å². The zero-order chi connectivity index (χ0) is 18.6. The van der Waals surface area contributed by atoms with Crippen LogP contribution < -0.4 is 5.32 Å². The third kappa shape index (κ3) is 15.7. The Morgan fingerprint density at radius 3 is 2.00 bits per heavy atom. The van der Waals surface area contributed by atoms with Crippen LogP contribution in [-0.2, 0) is 9.36 Å². The van der Waals surface area contributed by atoms with E-state index in [9.17, 15) is 9.36 Å². The molecule has 0 unspecified atom stereocenters. The van der Waals surface area contributed by atoms with Crippen LogP contribution >= 0.6 is 7.60 Å². The van der Waals surface area contributed by atoms with Crippen LogP contribution in [0.1, 0.15) is 59.8 Å². The Morgan fingerprint density at radius 1 is 0.917 bits per heavy atom. The van der Waals surface area contributed by atoms with Gasteiger partial charge >= 0.3 is 7.60 Å². The van der Waals surface area contributed by atoms with Crippen LogP contribution in [0.4, 0.5) is 0 Å². The zero-order valence-corrected chi connectivity index (χ0v) is 16.2. The second-order valence-electron chi connectivity index (χ2n) is 6.40. The Hall–Kier alpha value is -1.16. The summed E-state index contributed by atoms with van der Waals surface area (Å²) in [6.45, 7) is 8.79. The van der Waals surface area contributed by atoms with E-state index in [0.717, 1.165) is 25.7 Å². The Morgan fingerprint density at radius 2 is 1.46 bits per heavy atom. The Labute approximate surface area is 146 Å². The van der Waals surface area contributed by atoms with E-state index in [0.29, 0.717) is 6.54 Å². The van der Waals surface area contributed by atoms with Crippen LogP contribution in [0.25, 0.3) is 0 Å². The molecule has 0 rings (SSSR count). The summed E-state index contributed by atoms with van der Waals surface area (Å²) in [5.74, 6) is -0.336. The van der Waals surface area contributed by atoms with E-state index in [1.165, 1.54) is 16.7 Å². The first kappa shape index (κ1) is 22.8. The molecule has 0 aromatic heterocycles. The van der Waals surface area contributed by atoms with Crippen LogP contribution in [0, 0.1) is 0 Å². The molecular formula is C18H32NO4P. The molecule has 0 aliphatic heterocycles. The first-order chi connectivity index (χ1) is 11.1. The Balaban J connectivity index is 3.96. The summed E-state index contributed by atoms with van der Waals surface area (Å²) in [6.07, 6.45) is 9.99. The van der Waals surface area contributed by atoms with Crippen molar-refractivity contribution in [3.05, 3.63) is 34.9 Å². The third-order valence-electron chi connectivity index (χ3n) is 3.50. The van der Waals surface area contributed by atoms with Crippen LogP contribution in [0.2, 0.25) is 0 Å². The SMILES string of the molecule is CC(C)=CCCC(C)=CCCC(C)=CCNC(=O)CCP(=O)(O)O. The largest absolute Gasteiger partial charge is 0.353 e. The van der Waals surface area contributed by atoms with Crippen LogP contribution in [0.15, 0.2) is 34.9 Å². The average Bonchev–Trinajstić information content (AvgIpc) is 2.44. The number of hydrogen-bond acceptors (Lipinski definition) is 2. The van der Waals surface area contributed by atoms with Gasteiger partial charge in [0.15, 0.2) is 0 Å². The molecule has 3 N–H and O–H groups in total. The first-order valence-electron chi connectivity index (χ1n) is 8.36. The van der Waals surface area contributed by atoms with Crippen molar-refractivity contribution in [3.8, 4) is 0 Å². The van der Waals surface area contributed by atoms with Gasteiger partial charge in [-0.2, -0.15) is 0 Å². The van der Waals surface area contributed by atoms with Crippen molar-refractivity contribution in [2.75, 3.05) is 12.7 Å². The topological polar surface area (TPSA) is 86.6 Å². The van der Waals surface area contributed by atoms with Gasteiger partial charge in [-0.25, -0.2) is 0 Å². The molecule has 0 saturated carbocycles. The molecule has 1 amide bonds. The molecule has 0 aliphatic carbocycles. The third-order valence-corrected chi connectivity index (χ3v) is 4.31. The molecule has 0 aromatic carbocycles. The normalized spacial score (nSPS) is 12.9. The van der Waals surface area contributed by atoms with E-state index in [1.807, 2.05) is 13.0 Å². The molecular weight excluding hydrogens is 325 g/mol. The van der Waals surface area contributed by atoms with E-state index >= 15 is 0 Å². The zero-order valence-electron chi connectivity index (χ0n) is 15.3. The Kier molecular flexibility index (Phi) is 11.6. The number of rotatable bonds is 11. The minimum Gasteiger partial charge on any atom is -0.353 e. The Bertz CT molecular complexity index is 525. The van der Waals surface area contributed by atoms with Gasteiger partial charge in [-0.05, 0) is 53.4 Å². The molecule has 24 heavy (non-hydrogen) atoms.